The molecule has 0 bridgehead atoms. The Kier molecular flexibility index (Phi) is 17.6. The molecule has 1 aliphatic rings. The topological polar surface area (TPSA) is 9.72 Å². The van der Waals surface area contributed by atoms with Gasteiger partial charge in [-0.25, -0.2) is 0 Å². The fourth-order valence-corrected chi connectivity index (χ4v) is 13.7. The molecule has 0 fully saturated rings. The van der Waals surface area contributed by atoms with Crippen LogP contribution in [0.4, 0.5) is 51.2 Å². The van der Waals surface area contributed by atoms with E-state index in [0.29, 0.717) is 0 Å². The molecule has 0 spiro atoms. The van der Waals surface area contributed by atoms with Gasteiger partial charge in [0, 0.05) is 56.6 Å². The van der Waals surface area contributed by atoms with E-state index < -0.39 is 0 Å². The Morgan fingerprint density at radius 2 is 0.551 bits per heavy atom. The summed E-state index contributed by atoms with van der Waals surface area (Å²) < 4.78 is 0. The normalized spacial score (nSPS) is 12.1. The van der Waals surface area contributed by atoms with E-state index in [1.54, 1.807) is 0 Å². The monoisotopic (exact) mass is 1150 g/mol. The van der Waals surface area contributed by atoms with Crippen molar-refractivity contribution in [2.24, 2.45) is 0 Å². The van der Waals surface area contributed by atoms with Gasteiger partial charge in [0.05, 0.1) is 0 Å². The molecule has 0 saturated heterocycles. The van der Waals surface area contributed by atoms with Gasteiger partial charge in [0.25, 0.3) is 0 Å². The van der Waals surface area contributed by atoms with Gasteiger partial charge in [-0.3, -0.25) is 0 Å². The van der Waals surface area contributed by atoms with Gasteiger partial charge in [-0.2, -0.15) is 0 Å². The van der Waals surface area contributed by atoms with Gasteiger partial charge in [0.15, 0.2) is 0 Å². The number of fused-ring (bicyclic) bond motifs is 3. The highest BCUT2D eigenvalue weighted by Gasteiger charge is 2.42. The summed E-state index contributed by atoms with van der Waals surface area (Å²) in [6.45, 7) is 6.80. The first kappa shape index (κ1) is 58.1. The smallest absolute Gasteiger partial charge is 0.0465 e. The van der Waals surface area contributed by atoms with Crippen LogP contribution in [-0.4, -0.2) is 0 Å². The molecule has 13 rings (SSSR count). The van der Waals surface area contributed by atoms with E-state index in [2.05, 4.69) is 339 Å². The number of hydrogen-bond acceptors (Lipinski definition) is 3. The first-order valence-electron chi connectivity index (χ1n) is 32.4. The molecule has 0 radical (unpaired) electrons. The second-order valence-electron chi connectivity index (χ2n) is 24.2. The molecule has 0 atom stereocenters. The molecule has 0 saturated carbocycles. The van der Waals surface area contributed by atoms with Crippen LogP contribution < -0.4 is 14.7 Å². The quantitative estimate of drug-likeness (QED) is 0.0591. The minimum atomic E-state index is 0.0102. The molecular weight excluding hydrogens is 1070 g/mol. The fourth-order valence-electron chi connectivity index (χ4n) is 13.7. The molecule has 3 heteroatoms. The first-order valence-corrected chi connectivity index (χ1v) is 32.4. The van der Waals surface area contributed by atoms with Crippen LogP contribution in [0.1, 0.15) is 94.7 Å². The van der Waals surface area contributed by atoms with Gasteiger partial charge >= 0.3 is 0 Å². The molecule has 0 heterocycles. The average molecular weight is 1150 g/mol. The van der Waals surface area contributed by atoms with E-state index in [1.165, 1.54) is 142 Å². The molecule has 0 amide bonds. The zero-order chi connectivity index (χ0) is 60.4. The molecule has 438 valence electrons. The Hall–Kier alpha value is -9.96. The zero-order valence-corrected chi connectivity index (χ0v) is 51.8. The summed E-state index contributed by atoms with van der Waals surface area (Å²) >= 11 is 0. The maximum atomic E-state index is 2.56. The number of hydrogen-bond donors (Lipinski definition) is 0. The molecule has 0 aliphatic heterocycles. The van der Waals surface area contributed by atoms with E-state index >= 15 is 0 Å². The summed E-state index contributed by atoms with van der Waals surface area (Å²) in [7, 11) is 0. The third-order valence-electron chi connectivity index (χ3n) is 18.3. The van der Waals surface area contributed by atoms with Gasteiger partial charge in [-0.1, -0.05) is 253 Å². The Morgan fingerprint density at radius 3 is 0.933 bits per heavy atom. The van der Waals surface area contributed by atoms with Crippen molar-refractivity contribution < 1.29 is 0 Å². The van der Waals surface area contributed by atoms with Crippen molar-refractivity contribution in [2.45, 2.75) is 90.4 Å². The SMILES string of the molecule is CCCCCCC1(CCCCCC)c2ccccc2-c2ccc(N(c3ccccc3)c3ccc(-c4cccc(-c5ccc(N(c6ccc(C)cc6)c6ccc(-c7cccc(-c8ccc(N(c9ccccc9)c9ccccc9)cc8)c7)cc6)cc5)c4)cc3)cc21. The van der Waals surface area contributed by atoms with Crippen molar-refractivity contribution in [1.82, 2.24) is 0 Å². The van der Waals surface area contributed by atoms with E-state index in [4.69, 9.17) is 0 Å². The molecule has 89 heavy (non-hydrogen) atoms. The minimum Gasteiger partial charge on any atom is -0.311 e. The largest absolute Gasteiger partial charge is 0.311 e. The number of benzene rings is 12. The summed E-state index contributed by atoms with van der Waals surface area (Å²) in [5.74, 6) is 0. The summed E-state index contributed by atoms with van der Waals surface area (Å²) in [6.07, 6.45) is 12.5. The lowest BCUT2D eigenvalue weighted by Crippen LogP contribution is -2.26. The number of rotatable bonds is 23. The molecule has 0 unspecified atom stereocenters. The maximum absolute atomic E-state index is 2.56. The Labute approximate surface area is 528 Å². The summed E-state index contributed by atoms with van der Waals surface area (Å²) in [4.78, 5) is 7.12. The van der Waals surface area contributed by atoms with Crippen LogP contribution in [0.15, 0.2) is 303 Å². The lowest BCUT2D eigenvalue weighted by atomic mass is 9.70. The van der Waals surface area contributed by atoms with Crippen LogP contribution in [0.5, 0.6) is 0 Å². The van der Waals surface area contributed by atoms with Crippen molar-refractivity contribution >= 4 is 51.2 Å². The third-order valence-corrected chi connectivity index (χ3v) is 18.3. The molecule has 12 aromatic rings. The Balaban J connectivity index is 0.751. The molecule has 3 nitrogen and oxygen atoms in total. The van der Waals surface area contributed by atoms with Gasteiger partial charge in [0.2, 0.25) is 0 Å². The summed E-state index contributed by atoms with van der Waals surface area (Å²) in [6, 6.07) is 112. The van der Waals surface area contributed by atoms with Crippen LogP contribution in [-0.2, 0) is 5.41 Å². The predicted molar refractivity (Wildman–Crippen MR) is 381 cm³/mol. The molecule has 0 aromatic heterocycles. The number of unbranched alkanes of at least 4 members (excludes halogenated alkanes) is 6. The van der Waals surface area contributed by atoms with Crippen molar-refractivity contribution in [3.8, 4) is 55.6 Å². The highest BCUT2D eigenvalue weighted by atomic mass is 15.2. The highest BCUT2D eigenvalue weighted by Crippen LogP contribution is 2.56. The predicted octanol–water partition coefficient (Wildman–Crippen LogP) is 25.3. The van der Waals surface area contributed by atoms with Crippen LogP contribution in [0, 0.1) is 6.92 Å². The minimum absolute atomic E-state index is 0.0102. The van der Waals surface area contributed by atoms with Gasteiger partial charge < -0.3 is 14.7 Å². The standard InChI is InChI=1S/C86H79N3/c1-4-6-8-21-59-86(60-22-9-7-5-2)84-36-20-19-35-82(84)83-58-57-81(63-85(83)86)89(75-33-17-12-18-34-75)80-55-45-68(46-56-80)72-28-24-27-71(62-72)67-43-53-79(54-44-67)88(76-47-37-64(3)38-48-76)78-51-41-66(42-52-78)70-26-23-25-69(61-70)65-39-49-77(50-40-65)87(73-29-13-10-14-30-73)74-31-15-11-16-32-74/h10-20,23-58,61-63H,4-9,21-22,59-60H2,1-3H3. The average Bonchev–Trinajstić information content (AvgIpc) is 1.60. The number of para-hydroxylation sites is 3. The van der Waals surface area contributed by atoms with Crippen molar-refractivity contribution in [3.63, 3.8) is 0 Å². The molecular formula is C86H79N3. The van der Waals surface area contributed by atoms with Crippen LogP contribution in [0.3, 0.4) is 0 Å². The molecule has 12 aromatic carbocycles. The highest BCUT2D eigenvalue weighted by molar-refractivity contribution is 5.88. The van der Waals surface area contributed by atoms with E-state index in [1.807, 2.05) is 0 Å². The van der Waals surface area contributed by atoms with Gasteiger partial charge in [-0.05, 0) is 208 Å². The first-order chi connectivity index (χ1) is 43.9. The second kappa shape index (κ2) is 27.0. The maximum Gasteiger partial charge on any atom is 0.0465 e. The van der Waals surface area contributed by atoms with E-state index in [9.17, 15) is 0 Å². The third kappa shape index (κ3) is 12.5. The Bertz CT molecular complexity index is 4200. The fraction of sp³-hybridized carbons (Fsp3) is 0.163. The van der Waals surface area contributed by atoms with E-state index in [-0.39, 0.29) is 5.41 Å². The zero-order valence-electron chi connectivity index (χ0n) is 51.8. The lowest BCUT2D eigenvalue weighted by Gasteiger charge is -2.34. The Morgan fingerprint density at radius 1 is 0.236 bits per heavy atom. The summed E-state index contributed by atoms with van der Waals surface area (Å²) in [5.41, 5.74) is 26.7. The number of nitrogens with zero attached hydrogens (tertiary/aromatic N) is 3. The van der Waals surface area contributed by atoms with E-state index in [0.717, 1.165) is 45.5 Å². The lowest BCUT2D eigenvalue weighted by molar-refractivity contribution is 0.401. The number of anilines is 9. The summed E-state index contributed by atoms with van der Waals surface area (Å²) in [5, 5.41) is 0. The molecule has 1 aliphatic carbocycles. The van der Waals surface area contributed by atoms with Crippen molar-refractivity contribution in [2.75, 3.05) is 14.7 Å². The van der Waals surface area contributed by atoms with Crippen LogP contribution >= 0.6 is 0 Å². The second-order valence-corrected chi connectivity index (χ2v) is 24.2. The number of aryl methyl sites for hydroxylation is 1. The van der Waals surface area contributed by atoms with Crippen LogP contribution in [0.2, 0.25) is 0 Å². The molecule has 0 N–H and O–H groups in total. The van der Waals surface area contributed by atoms with Crippen molar-refractivity contribution in [3.05, 3.63) is 320 Å². The van der Waals surface area contributed by atoms with Crippen molar-refractivity contribution in [1.29, 1.82) is 0 Å². The van der Waals surface area contributed by atoms with Crippen LogP contribution in [0.25, 0.3) is 55.6 Å². The van der Waals surface area contributed by atoms with Gasteiger partial charge in [-0.15, -0.1) is 0 Å². The van der Waals surface area contributed by atoms with Gasteiger partial charge in [0.1, 0.15) is 0 Å².